The predicted molar refractivity (Wildman–Crippen MR) is 95.6 cm³/mol. The van der Waals surface area contributed by atoms with E-state index >= 15 is 0 Å². The summed E-state index contributed by atoms with van der Waals surface area (Å²) in [5.41, 5.74) is 2.22. The molecule has 1 atom stereocenters. The van der Waals surface area contributed by atoms with Crippen LogP contribution >= 0.6 is 0 Å². The van der Waals surface area contributed by atoms with Crippen LogP contribution in [0.1, 0.15) is 23.3 Å². The van der Waals surface area contributed by atoms with E-state index in [1.807, 2.05) is 30.3 Å². The zero-order valence-corrected chi connectivity index (χ0v) is 14.2. The van der Waals surface area contributed by atoms with Crippen molar-refractivity contribution in [3.8, 4) is 17.3 Å². The molecular formula is C19H19N5O2. The molecule has 0 unspecified atom stereocenters. The SMILES string of the molecule is O=C(c1cc(-c2ccccc2)n[nH]1)N1CCC[C@H](Oc2ncccn2)C1. The molecule has 2 aromatic heterocycles. The molecule has 0 radical (unpaired) electrons. The molecule has 0 aliphatic carbocycles. The van der Waals surface area contributed by atoms with Gasteiger partial charge in [-0.15, -0.1) is 0 Å². The molecule has 3 aromatic rings. The number of rotatable bonds is 4. The minimum Gasteiger partial charge on any atom is -0.458 e. The molecule has 4 rings (SSSR count). The Morgan fingerprint density at radius 1 is 1.15 bits per heavy atom. The molecule has 1 saturated heterocycles. The maximum atomic E-state index is 12.8. The van der Waals surface area contributed by atoms with E-state index in [1.54, 1.807) is 29.4 Å². The van der Waals surface area contributed by atoms with Gasteiger partial charge in [0.2, 0.25) is 0 Å². The van der Waals surface area contributed by atoms with Crippen molar-refractivity contribution in [3.05, 3.63) is 60.6 Å². The van der Waals surface area contributed by atoms with Crippen LogP contribution in [-0.4, -0.2) is 50.2 Å². The summed E-state index contributed by atoms with van der Waals surface area (Å²) >= 11 is 0. The van der Waals surface area contributed by atoms with Gasteiger partial charge in [-0.05, 0) is 25.0 Å². The smallest absolute Gasteiger partial charge is 0.316 e. The van der Waals surface area contributed by atoms with E-state index in [-0.39, 0.29) is 12.0 Å². The number of aromatic amines is 1. The largest absolute Gasteiger partial charge is 0.458 e. The lowest BCUT2D eigenvalue weighted by Crippen LogP contribution is -2.44. The van der Waals surface area contributed by atoms with Gasteiger partial charge in [-0.2, -0.15) is 5.10 Å². The fourth-order valence-corrected chi connectivity index (χ4v) is 3.07. The highest BCUT2D eigenvalue weighted by Crippen LogP contribution is 2.20. The summed E-state index contributed by atoms with van der Waals surface area (Å²) in [4.78, 5) is 22.8. The summed E-state index contributed by atoms with van der Waals surface area (Å²) in [5, 5.41) is 7.12. The first kappa shape index (κ1) is 16.3. The molecule has 1 aliphatic heterocycles. The molecule has 7 heteroatoms. The molecule has 1 amide bonds. The average molecular weight is 349 g/mol. The number of hydrogen-bond acceptors (Lipinski definition) is 5. The van der Waals surface area contributed by atoms with Gasteiger partial charge >= 0.3 is 6.01 Å². The summed E-state index contributed by atoms with van der Waals surface area (Å²) in [6.07, 6.45) is 4.93. The van der Waals surface area contributed by atoms with Gasteiger partial charge in [0.1, 0.15) is 11.8 Å². The van der Waals surface area contributed by atoms with Gasteiger partial charge in [0.25, 0.3) is 5.91 Å². The molecule has 0 spiro atoms. The Morgan fingerprint density at radius 2 is 1.96 bits per heavy atom. The molecule has 3 heterocycles. The van der Waals surface area contributed by atoms with Gasteiger partial charge in [-0.25, -0.2) is 9.97 Å². The van der Waals surface area contributed by atoms with Crippen LogP contribution in [0.4, 0.5) is 0 Å². The number of piperidine rings is 1. The van der Waals surface area contributed by atoms with E-state index in [0.29, 0.717) is 24.8 Å². The minimum atomic E-state index is -0.105. The number of likely N-dealkylation sites (tertiary alicyclic amines) is 1. The molecule has 132 valence electrons. The van der Waals surface area contributed by atoms with E-state index in [9.17, 15) is 4.79 Å². The van der Waals surface area contributed by atoms with E-state index < -0.39 is 0 Å². The molecule has 0 bridgehead atoms. The Kier molecular flexibility index (Phi) is 4.59. The quantitative estimate of drug-likeness (QED) is 0.782. The monoisotopic (exact) mass is 349 g/mol. The van der Waals surface area contributed by atoms with Crippen molar-refractivity contribution < 1.29 is 9.53 Å². The number of amides is 1. The number of aromatic nitrogens is 4. The number of ether oxygens (including phenoxy) is 1. The lowest BCUT2D eigenvalue weighted by atomic mass is 10.1. The predicted octanol–water partition coefficient (Wildman–Crippen LogP) is 2.55. The molecule has 1 fully saturated rings. The lowest BCUT2D eigenvalue weighted by Gasteiger charge is -2.31. The van der Waals surface area contributed by atoms with Gasteiger partial charge in [-0.3, -0.25) is 9.89 Å². The van der Waals surface area contributed by atoms with Gasteiger partial charge < -0.3 is 9.64 Å². The van der Waals surface area contributed by atoms with Gasteiger partial charge in [0, 0.05) is 24.5 Å². The highest BCUT2D eigenvalue weighted by molar-refractivity contribution is 5.93. The van der Waals surface area contributed by atoms with Crippen LogP contribution in [0.15, 0.2) is 54.9 Å². The topological polar surface area (TPSA) is 84.0 Å². The van der Waals surface area contributed by atoms with Gasteiger partial charge in [0.05, 0.1) is 12.2 Å². The molecule has 1 aliphatic rings. The van der Waals surface area contributed by atoms with Crippen molar-refractivity contribution in [1.29, 1.82) is 0 Å². The lowest BCUT2D eigenvalue weighted by molar-refractivity contribution is 0.0510. The van der Waals surface area contributed by atoms with Crippen LogP contribution in [0.3, 0.4) is 0 Å². The number of carbonyl (C=O) groups excluding carboxylic acids is 1. The van der Waals surface area contributed by atoms with Crippen molar-refractivity contribution in [3.63, 3.8) is 0 Å². The number of hydrogen-bond donors (Lipinski definition) is 1. The van der Waals surface area contributed by atoms with Crippen molar-refractivity contribution >= 4 is 5.91 Å². The van der Waals surface area contributed by atoms with Crippen LogP contribution in [0.5, 0.6) is 6.01 Å². The van der Waals surface area contributed by atoms with E-state index in [0.717, 1.165) is 24.1 Å². The second-order valence-corrected chi connectivity index (χ2v) is 6.20. The summed E-state index contributed by atoms with van der Waals surface area (Å²) in [7, 11) is 0. The van der Waals surface area contributed by atoms with E-state index in [1.165, 1.54) is 0 Å². The maximum Gasteiger partial charge on any atom is 0.316 e. The zero-order valence-electron chi connectivity index (χ0n) is 14.2. The number of H-pyrrole nitrogens is 1. The van der Waals surface area contributed by atoms with E-state index in [4.69, 9.17) is 4.74 Å². The molecule has 26 heavy (non-hydrogen) atoms. The number of nitrogens with zero attached hydrogens (tertiary/aromatic N) is 4. The number of benzene rings is 1. The van der Waals surface area contributed by atoms with Crippen LogP contribution in [0, 0.1) is 0 Å². The summed E-state index contributed by atoms with van der Waals surface area (Å²) in [6.45, 7) is 1.21. The second-order valence-electron chi connectivity index (χ2n) is 6.20. The van der Waals surface area contributed by atoms with Crippen molar-refractivity contribution in [1.82, 2.24) is 25.1 Å². The highest BCUT2D eigenvalue weighted by Gasteiger charge is 2.27. The highest BCUT2D eigenvalue weighted by atomic mass is 16.5. The van der Waals surface area contributed by atoms with Crippen LogP contribution < -0.4 is 4.74 Å². The minimum absolute atomic E-state index is 0.0676. The van der Waals surface area contributed by atoms with Crippen LogP contribution in [0.2, 0.25) is 0 Å². The van der Waals surface area contributed by atoms with Crippen molar-refractivity contribution in [2.24, 2.45) is 0 Å². The third-order valence-corrected chi connectivity index (χ3v) is 4.36. The average Bonchev–Trinajstić information content (AvgIpc) is 3.19. The summed E-state index contributed by atoms with van der Waals surface area (Å²) in [5.74, 6) is -0.0676. The van der Waals surface area contributed by atoms with Crippen molar-refractivity contribution in [2.45, 2.75) is 18.9 Å². The Morgan fingerprint density at radius 3 is 2.77 bits per heavy atom. The van der Waals surface area contributed by atoms with Crippen LogP contribution in [-0.2, 0) is 0 Å². The van der Waals surface area contributed by atoms with Gasteiger partial charge in [0.15, 0.2) is 0 Å². The first-order valence-corrected chi connectivity index (χ1v) is 8.63. The normalized spacial score (nSPS) is 17.1. The van der Waals surface area contributed by atoms with E-state index in [2.05, 4.69) is 20.2 Å². The standard InChI is InChI=1S/C19H19N5O2/c25-18(17-12-16(22-23-17)14-6-2-1-3-7-14)24-11-4-8-15(13-24)26-19-20-9-5-10-21-19/h1-3,5-7,9-10,12,15H,4,8,11,13H2,(H,22,23)/t15-/m0/s1. The number of carbonyl (C=O) groups is 1. The molecule has 7 nitrogen and oxygen atoms in total. The van der Waals surface area contributed by atoms with Gasteiger partial charge in [-0.1, -0.05) is 30.3 Å². The zero-order chi connectivity index (χ0) is 17.8. The summed E-state index contributed by atoms with van der Waals surface area (Å²) in [6, 6.07) is 13.7. The molecule has 1 N–H and O–H groups in total. The fourth-order valence-electron chi connectivity index (χ4n) is 3.07. The van der Waals surface area contributed by atoms with Crippen molar-refractivity contribution in [2.75, 3.05) is 13.1 Å². The molecule has 1 aromatic carbocycles. The second kappa shape index (κ2) is 7.35. The fraction of sp³-hybridized carbons (Fsp3) is 0.263. The Bertz CT molecular complexity index is 866. The Labute approximate surface area is 151 Å². The third kappa shape index (κ3) is 3.56. The molecule has 0 saturated carbocycles. The first-order chi connectivity index (χ1) is 12.8. The Hall–Kier alpha value is -3.22. The first-order valence-electron chi connectivity index (χ1n) is 8.63. The summed E-state index contributed by atoms with van der Waals surface area (Å²) < 4.78 is 5.80. The number of nitrogens with one attached hydrogen (secondary N) is 1. The van der Waals surface area contributed by atoms with Crippen LogP contribution in [0.25, 0.3) is 11.3 Å². The Balaban J connectivity index is 1.44. The third-order valence-electron chi connectivity index (χ3n) is 4.36. The maximum absolute atomic E-state index is 12.8. The molecular weight excluding hydrogens is 330 g/mol.